The molecule has 0 aliphatic carbocycles. The molecule has 0 bridgehead atoms. The van der Waals surface area contributed by atoms with Crippen LogP contribution >= 0.6 is 0 Å². The Balaban J connectivity index is 1.89. The second-order valence-electron chi connectivity index (χ2n) is 6.52. The van der Waals surface area contributed by atoms with Crippen molar-refractivity contribution in [2.75, 3.05) is 5.75 Å². The number of rotatable bonds is 4. The van der Waals surface area contributed by atoms with Crippen molar-refractivity contribution < 1.29 is 21.6 Å². The zero-order valence-electron chi connectivity index (χ0n) is 15.8. The van der Waals surface area contributed by atoms with E-state index in [-0.39, 0.29) is 27.7 Å². The predicted molar refractivity (Wildman–Crippen MR) is 101 cm³/mol. The first kappa shape index (κ1) is 20.0. The topological polar surface area (TPSA) is 95.0 Å². The van der Waals surface area contributed by atoms with E-state index in [4.69, 9.17) is 0 Å². The van der Waals surface area contributed by atoms with Gasteiger partial charge >= 0.3 is 6.18 Å². The van der Waals surface area contributed by atoms with E-state index < -0.39 is 21.7 Å². The van der Waals surface area contributed by atoms with Crippen molar-refractivity contribution in [2.45, 2.75) is 18.0 Å². The van der Waals surface area contributed by atoms with Crippen LogP contribution in [0.1, 0.15) is 12.6 Å². The summed E-state index contributed by atoms with van der Waals surface area (Å²) in [4.78, 5) is 8.38. The Kier molecular flexibility index (Phi) is 4.60. The molecule has 4 heterocycles. The van der Waals surface area contributed by atoms with Gasteiger partial charge in [-0.15, -0.1) is 0 Å². The number of pyridine rings is 1. The van der Waals surface area contributed by atoms with Gasteiger partial charge in [0.1, 0.15) is 5.69 Å². The first-order valence-corrected chi connectivity index (χ1v) is 10.4. The van der Waals surface area contributed by atoms with Crippen molar-refractivity contribution >= 4 is 15.5 Å². The lowest BCUT2D eigenvalue weighted by Crippen LogP contribution is -2.08. The molecule has 30 heavy (non-hydrogen) atoms. The van der Waals surface area contributed by atoms with Crippen LogP contribution in [0.15, 0.2) is 47.9 Å². The van der Waals surface area contributed by atoms with Crippen LogP contribution in [0.5, 0.6) is 0 Å². The van der Waals surface area contributed by atoms with E-state index in [1.807, 2.05) is 0 Å². The van der Waals surface area contributed by atoms with Gasteiger partial charge < -0.3 is 0 Å². The Morgan fingerprint density at radius 1 is 1.13 bits per heavy atom. The summed E-state index contributed by atoms with van der Waals surface area (Å²) in [5, 5.41) is 7.51. The van der Waals surface area contributed by atoms with Crippen molar-refractivity contribution in [3.8, 4) is 22.5 Å². The average Bonchev–Trinajstić information content (AvgIpc) is 3.33. The maximum atomic E-state index is 12.9. The summed E-state index contributed by atoms with van der Waals surface area (Å²) >= 11 is 0. The number of sulfone groups is 1. The molecule has 0 radical (unpaired) electrons. The van der Waals surface area contributed by atoms with Crippen LogP contribution in [0.3, 0.4) is 0 Å². The maximum Gasteiger partial charge on any atom is 0.435 e. The number of fused-ring (bicyclic) bond motifs is 1. The molecular formula is C18H15F3N6O2S. The number of aryl methyl sites for hydroxylation is 1. The monoisotopic (exact) mass is 436 g/mol. The Morgan fingerprint density at radius 2 is 1.90 bits per heavy atom. The Labute approximate surface area is 168 Å². The summed E-state index contributed by atoms with van der Waals surface area (Å²) in [7, 11) is -1.97. The van der Waals surface area contributed by atoms with Gasteiger partial charge in [-0.1, -0.05) is 6.92 Å². The second-order valence-corrected chi connectivity index (χ2v) is 8.77. The Hall–Kier alpha value is -3.28. The fraction of sp³-hybridized carbons (Fsp3) is 0.222. The lowest BCUT2D eigenvalue weighted by molar-refractivity contribution is -0.141. The van der Waals surface area contributed by atoms with Gasteiger partial charge in [0.25, 0.3) is 0 Å². The standard InChI is InChI=1S/C18H15F3N6O2S/c1-3-30(28,29)14-6-11(12-9-23-26(2)10-12)8-22-17(14)13-4-5-27-16(24-13)7-15(25-27)18(19,20)21/h4-10H,3H2,1-2H3. The van der Waals surface area contributed by atoms with Crippen molar-refractivity contribution in [3.63, 3.8) is 0 Å². The van der Waals surface area contributed by atoms with Gasteiger partial charge in [-0.3, -0.25) is 9.67 Å². The normalized spacial score (nSPS) is 12.6. The van der Waals surface area contributed by atoms with Crippen LogP contribution in [-0.4, -0.2) is 43.5 Å². The van der Waals surface area contributed by atoms with E-state index in [0.29, 0.717) is 11.1 Å². The first-order valence-electron chi connectivity index (χ1n) is 8.74. The van der Waals surface area contributed by atoms with Crippen molar-refractivity contribution in [1.82, 2.24) is 29.4 Å². The van der Waals surface area contributed by atoms with Crippen molar-refractivity contribution in [3.05, 3.63) is 48.7 Å². The third-order valence-corrected chi connectivity index (χ3v) is 6.21. The molecule has 0 spiro atoms. The van der Waals surface area contributed by atoms with E-state index in [0.717, 1.165) is 10.6 Å². The molecule has 0 atom stereocenters. The van der Waals surface area contributed by atoms with Crippen LogP contribution in [-0.2, 0) is 23.1 Å². The number of alkyl halides is 3. The summed E-state index contributed by atoms with van der Waals surface area (Å²) in [6, 6.07) is 3.64. The number of nitrogens with zero attached hydrogens (tertiary/aromatic N) is 6. The largest absolute Gasteiger partial charge is 0.435 e. The maximum absolute atomic E-state index is 12.9. The molecule has 0 aliphatic heterocycles. The highest BCUT2D eigenvalue weighted by Crippen LogP contribution is 2.31. The predicted octanol–water partition coefficient (Wildman–Crippen LogP) is 3.00. The highest BCUT2D eigenvalue weighted by Gasteiger charge is 2.34. The minimum Gasteiger partial charge on any atom is -0.275 e. The van der Waals surface area contributed by atoms with E-state index >= 15 is 0 Å². The highest BCUT2D eigenvalue weighted by molar-refractivity contribution is 7.91. The molecular weight excluding hydrogens is 421 g/mol. The molecule has 0 aromatic carbocycles. The zero-order chi connectivity index (χ0) is 21.7. The van der Waals surface area contributed by atoms with Gasteiger partial charge in [0.15, 0.2) is 21.2 Å². The summed E-state index contributed by atoms with van der Waals surface area (Å²) in [5.41, 5.74) is 0.246. The number of aromatic nitrogens is 6. The zero-order valence-corrected chi connectivity index (χ0v) is 16.6. The van der Waals surface area contributed by atoms with Crippen LogP contribution in [0, 0.1) is 0 Å². The molecule has 4 rings (SSSR count). The van der Waals surface area contributed by atoms with Crippen molar-refractivity contribution in [1.29, 1.82) is 0 Å². The van der Waals surface area contributed by atoms with E-state index in [2.05, 4.69) is 20.2 Å². The highest BCUT2D eigenvalue weighted by atomic mass is 32.2. The SMILES string of the molecule is CCS(=O)(=O)c1cc(-c2cnn(C)c2)cnc1-c1ccn2nc(C(F)(F)F)cc2n1. The average molecular weight is 436 g/mol. The van der Waals surface area contributed by atoms with E-state index in [1.165, 1.54) is 31.5 Å². The lowest BCUT2D eigenvalue weighted by Gasteiger charge is -2.10. The van der Waals surface area contributed by atoms with Crippen LogP contribution in [0.4, 0.5) is 13.2 Å². The molecule has 0 saturated heterocycles. The minimum absolute atomic E-state index is 0.0567. The second kappa shape index (κ2) is 6.90. The molecule has 4 aromatic rings. The van der Waals surface area contributed by atoms with Gasteiger partial charge in [0.05, 0.1) is 22.5 Å². The quantitative estimate of drug-likeness (QED) is 0.488. The number of hydrogen-bond donors (Lipinski definition) is 0. The third kappa shape index (κ3) is 3.54. The molecule has 8 nitrogen and oxygen atoms in total. The van der Waals surface area contributed by atoms with Crippen LogP contribution < -0.4 is 0 Å². The summed E-state index contributed by atoms with van der Waals surface area (Å²) in [6.45, 7) is 1.50. The third-order valence-electron chi connectivity index (χ3n) is 4.46. The fourth-order valence-electron chi connectivity index (χ4n) is 2.91. The molecule has 4 aromatic heterocycles. The number of hydrogen-bond acceptors (Lipinski definition) is 6. The molecule has 0 saturated carbocycles. The van der Waals surface area contributed by atoms with E-state index in [1.54, 1.807) is 24.1 Å². The fourth-order valence-corrected chi connectivity index (χ4v) is 3.98. The summed E-state index contributed by atoms with van der Waals surface area (Å²) in [5.74, 6) is -0.175. The molecule has 0 amide bonds. The minimum atomic E-state index is -4.62. The van der Waals surface area contributed by atoms with Crippen molar-refractivity contribution in [2.24, 2.45) is 7.05 Å². The lowest BCUT2D eigenvalue weighted by atomic mass is 10.1. The summed E-state index contributed by atoms with van der Waals surface area (Å²) < 4.78 is 66.8. The van der Waals surface area contributed by atoms with Gasteiger partial charge in [-0.2, -0.15) is 23.4 Å². The molecule has 156 valence electrons. The molecule has 0 unspecified atom stereocenters. The first-order chi connectivity index (χ1) is 14.1. The molecule has 0 N–H and O–H groups in total. The van der Waals surface area contributed by atoms with Gasteiger partial charge in [0.2, 0.25) is 0 Å². The van der Waals surface area contributed by atoms with Gasteiger partial charge in [0, 0.05) is 42.8 Å². The van der Waals surface area contributed by atoms with Gasteiger partial charge in [-0.25, -0.2) is 17.9 Å². The van der Waals surface area contributed by atoms with E-state index in [9.17, 15) is 21.6 Å². The molecule has 0 fully saturated rings. The smallest absolute Gasteiger partial charge is 0.275 e. The Morgan fingerprint density at radius 3 is 2.53 bits per heavy atom. The number of halogens is 3. The van der Waals surface area contributed by atoms with Crippen LogP contribution in [0.2, 0.25) is 0 Å². The molecule has 0 aliphatic rings. The summed E-state index contributed by atoms with van der Waals surface area (Å²) in [6.07, 6.45) is 1.44. The molecule has 12 heteroatoms. The van der Waals surface area contributed by atoms with Crippen LogP contribution in [0.25, 0.3) is 28.2 Å². The Bertz CT molecular complexity index is 1360. The van der Waals surface area contributed by atoms with Gasteiger partial charge in [-0.05, 0) is 12.1 Å².